The molecule has 0 fully saturated rings. The summed E-state index contributed by atoms with van der Waals surface area (Å²) < 4.78 is 21.1. The van der Waals surface area contributed by atoms with Crippen molar-refractivity contribution in [2.45, 2.75) is 12.5 Å². The number of halogens is 2. The van der Waals surface area contributed by atoms with Gasteiger partial charge in [0.15, 0.2) is 0 Å². The molecule has 0 aliphatic heterocycles. The highest BCUT2D eigenvalue weighted by Gasteiger charge is 2.13. The Kier molecular flexibility index (Phi) is 3.48. The fourth-order valence-electron chi connectivity index (χ4n) is 1.38. The lowest BCUT2D eigenvalue weighted by atomic mass is 10.0. The molecule has 2 rings (SSSR count). The predicted molar refractivity (Wildman–Crippen MR) is 62.0 cm³/mol. The standard InChI is InChI=1S/C10H9ClFN3S/c11-10-6(2-1-3-7(10)12)4-8(13)9-5-14-16-15-9/h1-3,5,8H,4,13H2. The van der Waals surface area contributed by atoms with Crippen molar-refractivity contribution in [2.75, 3.05) is 0 Å². The molecule has 16 heavy (non-hydrogen) atoms. The van der Waals surface area contributed by atoms with Crippen LogP contribution in [0, 0.1) is 5.82 Å². The van der Waals surface area contributed by atoms with Gasteiger partial charge in [0.2, 0.25) is 0 Å². The first-order chi connectivity index (χ1) is 7.68. The van der Waals surface area contributed by atoms with Gasteiger partial charge < -0.3 is 5.73 Å². The molecule has 6 heteroatoms. The van der Waals surface area contributed by atoms with Crippen molar-refractivity contribution in [3.63, 3.8) is 0 Å². The first-order valence-corrected chi connectivity index (χ1v) is 5.75. The third kappa shape index (κ3) is 2.37. The van der Waals surface area contributed by atoms with Crippen LogP contribution in [0.15, 0.2) is 24.4 Å². The van der Waals surface area contributed by atoms with Gasteiger partial charge in [0.1, 0.15) is 5.82 Å². The topological polar surface area (TPSA) is 51.8 Å². The van der Waals surface area contributed by atoms with Crippen LogP contribution in [0.2, 0.25) is 5.02 Å². The monoisotopic (exact) mass is 257 g/mol. The summed E-state index contributed by atoms with van der Waals surface area (Å²) in [6.07, 6.45) is 2.06. The van der Waals surface area contributed by atoms with Crippen LogP contribution in [0.1, 0.15) is 17.3 Å². The van der Waals surface area contributed by atoms with E-state index in [1.54, 1.807) is 18.3 Å². The third-order valence-corrected chi connectivity index (χ3v) is 3.15. The minimum absolute atomic E-state index is 0.126. The summed E-state index contributed by atoms with van der Waals surface area (Å²) in [5.41, 5.74) is 7.30. The number of aromatic nitrogens is 2. The van der Waals surface area contributed by atoms with Crippen molar-refractivity contribution in [3.8, 4) is 0 Å². The zero-order valence-electron chi connectivity index (χ0n) is 8.23. The van der Waals surface area contributed by atoms with E-state index in [2.05, 4.69) is 8.75 Å². The molecule has 0 spiro atoms. The average molecular weight is 258 g/mol. The quantitative estimate of drug-likeness (QED) is 0.920. The highest BCUT2D eigenvalue weighted by molar-refractivity contribution is 6.99. The van der Waals surface area contributed by atoms with E-state index in [9.17, 15) is 4.39 Å². The molecule has 1 aromatic heterocycles. The van der Waals surface area contributed by atoms with E-state index in [-0.39, 0.29) is 11.1 Å². The molecule has 3 nitrogen and oxygen atoms in total. The van der Waals surface area contributed by atoms with E-state index >= 15 is 0 Å². The molecule has 0 amide bonds. The largest absolute Gasteiger partial charge is 0.322 e. The van der Waals surface area contributed by atoms with Gasteiger partial charge >= 0.3 is 0 Å². The molecule has 0 saturated carbocycles. The summed E-state index contributed by atoms with van der Waals surface area (Å²) in [5, 5.41) is 0.126. The zero-order chi connectivity index (χ0) is 11.5. The summed E-state index contributed by atoms with van der Waals surface area (Å²) in [4.78, 5) is 0. The van der Waals surface area contributed by atoms with Crippen molar-refractivity contribution < 1.29 is 4.39 Å². The van der Waals surface area contributed by atoms with Gasteiger partial charge in [-0.15, -0.1) is 0 Å². The van der Waals surface area contributed by atoms with Crippen LogP contribution >= 0.6 is 23.3 Å². The third-order valence-electron chi connectivity index (χ3n) is 2.23. The number of hydrogen-bond donors (Lipinski definition) is 1. The summed E-state index contributed by atoms with van der Waals surface area (Å²) in [7, 11) is 0. The van der Waals surface area contributed by atoms with Gasteiger partial charge in [0.05, 0.1) is 34.7 Å². The lowest BCUT2D eigenvalue weighted by Gasteiger charge is -2.09. The van der Waals surface area contributed by atoms with Crippen LogP contribution in [-0.4, -0.2) is 8.75 Å². The molecule has 1 unspecified atom stereocenters. The summed E-state index contributed by atoms with van der Waals surface area (Å²) in [5.74, 6) is -0.428. The maximum Gasteiger partial charge on any atom is 0.142 e. The first kappa shape index (κ1) is 11.4. The number of nitrogens with two attached hydrogens (primary N) is 1. The number of rotatable bonds is 3. The summed E-state index contributed by atoms with van der Waals surface area (Å²) >= 11 is 6.93. The Morgan fingerprint density at radius 1 is 1.50 bits per heavy atom. The Balaban J connectivity index is 2.18. The molecule has 1 atom stereocenters. The van der Waals surface area contributed by atoms with E-state index in [1.807, 2.05) is 0 Å². The fraction of sp³-hybridized carbons (Fsp3) is 0.200. The molecule has 0 aliphatic carbocycles. The summed E-state index contributed by atoms with van der Waals surface area (Å²) in [6.45, 7) is 0. The number of benzene rings is 1. The smallest absolute Gasteiger partial charge is 0.142 e. The van der Waals surface area contributed by atoms with Gasteiger partial charge in [-0.1, -0.05) is 23.7 Å². The van der Waals surface area contributed by atoms with Crippen LogP contribution in [0.3, 0.4) is 0 Å². The molecule has 0 saturated heterocycles. The molecule has 1 heterocycles. The van der Waals surface area contributed by atoms with Gasteiger partial charge in [0, 0.05) is 0 Å². The normalized spacial score (nSPS) is 12.7. The number of nitrogens with zero attached hydrogens (tertiary/aromatic N) is 2. The first-order valence-electron chi connectivity index (χ1n) is 4.64. The van der Waals surface area contributed by atoms with Crippen molar-refractivity contribution >= 4 is 23.3 Å². The SMILES string of the molecule is NC(Cc1cccc(F)c1Cl)c1cnsn1. The Morgan fingerprint density at radius 3 is 3.00 bits per heavy atom. The second-order valence-corrected chi connectivity index (χ2v) is 4.29. The lowest BCUT2D eigenvalue weighted by molar-refractivity contribution is 0.621. The van der Waals surface area contributed by atoms with Gasteiger partial charge in [0.25, 0.3) is 0 Å². The number of hydrogen-bond acceptors (Lipinski definition) is 4. The Hall–Kier alpha value is -1.04. The Labute approximate surface area is 101 Å². The average Bonchev–Trinajstić information content (AvgIpc) is 2.78. The van der Waals surface area contributed by atoms with Gasteiger partial charge in [-0.2, -0.15) is 8.75 Å². The molecule has 0 radical (unpaired) electrons. The van der Waals surface area contributed by atoms with Gasteiger partial charge in [-0.25, -0.2) is 4.39 Å². The van der Waals surface area contributed by atoms with Crippen LogP contribution < -0.4 is 5.73 Å². The molecule has 1 aromatic carbocycles. The van der Waals surface area contributed by atoms with E-state index in [0.717, 1.165) is 11.7 Å². The maximum atomic E-state index is 13.2. The highest BCUT2D eigenvalue weighted by atomic mass is 35.5. The highest BCUT2D eigenvalue weighted by Crippen LogP contribution is 2.23. The molecule has 2 aromatic rings. The Morgan fingerprint density at radius 2 is 2.31 bits per heavy atom. The van der Waals surface area contributed by atoms with Crippen molar-refractivity contribution in [1.29, 1.82) is 0 Å². The fourth-order valence-corrected chi connectivity index (χ4v) is 2.07. The minimum Gasteiger partial charge on any atom is -0.322 e. The molecule has 84 valence electrons. The van der Waals surface area contributed by atoms with Crippen LogP contribution in [0.4, 0.5) is 4.39 Å². The van der Waals surface area contributed by atoms with E-state index in [1.165, 1.54) is 6.07 Å². The van der Waals surface area contributed by atoms with E-state index < -0.39 is 5.82 Å². The summed E-state index contributed by atoms with van der Waals surface area (Å²) in [6, 6.07) is 4.38. The molecule has 0 aliphatic rings. The molecule has 0 bridgehead atoms. The van der Waals surface area contributed by atoms with E-state index in [0.29, 0.717) is 17.7 Å². The zero-order valence-corrected chi connectivity index (χ0v) is 9.80. The minimum atomic E-state index is -0.428. The Bertz CT molecular complexity index is 475. The van der Waals surface area contributed by atoms with Crippen molar-refractivity contribution in [1.82, 2.24) is 8.75 Å². The maximum absolute atomic E-state index is 13.2. The van der Waals surface area contributed by atoms with Crippen molar-refractivity contribution in [2.24, 2.45) is 5.73 Å². The lowest BCUT2D eigenvalue weighted by Crippen LogP contribution is -2.14. The van der Waals surface area contributed by atoms with Crippen LogP contribution in [0.5, 0.6) is 0 Å². The van der Waals surface area contributed by atoms with Crippen LogP contribution in [0.25, 0.3) is 0 Å². The molecular weight excluding hydrogens is 249 g/mol. The van der Waals surface area contributed by atoms with Crippen molar-refractivity contribution in [3.05, 3.63) is 46.5 Å². The molecule has 2 N–H and O–H groups in total. The second kappa shape index (κ2) is 4.86. The van der Waals surface area contributed by atoms with E-state index in [4.69, 9.17) is 17.3 Å². The predicted octanol–water partition coefficient (Wildman–Crippen LogP) is 2.57. The van der Waals surface area contributed by atoms with Gasteiger partial charge in [-0.05, 0) is 18.1 Å². The second-order valence-electron chi connectivity index (χ2n) is 3.36. The van der Waals surface area contributed by atoms with Crippen LogP contribution in [-0.2, 0) is 6.42 Å². The van der Waals surface area contributed by atoms with Gasteiger partial charge in [-0.3, -0.25) is 0 Å². The molecular formula is C10H9ClFN3S.